The highest BCUT2D eigenvalue weighted by Gasteiger charge is 2.56. The minimum Gasteiger partial charge on any atom is -0.342 e. The minimum atomic E-state index is -0.520. The zero-order valence-corrected chi connectivity index (χ0v) is 35.2. The molecule has 10 nitrogen and oxygen atoms in total. The summed E-state index contributed by atoms with van der Waals surface area (Å²) in [5.41, 5.74) is 0.326. The molecular weight excluding hydrogens is 703 g/mol. The maximum absolute atomic E-state index is 12.4. The van der Waals surface area contributed by atoms with E-state index >= 15 is 0 Å². The number of allylic oxidation sites excluding steroid dienone is 2. The van der Waals surface area contributed by atoms with Gasteiger partial charge in [0.15, 0.2) is 11.6 Å². The van der Waals surface area contributed by atoms with Gasteiger partial charge in [0.2, 0.25) is 23.2 Å². The second-order valence-electron chi connectivity index (χ2n) is 17.7. The van der Waals surface area contributed by atoms with E-state index in [9.17, 15) is 24.0 Å². The number of amides is 2. The van der Waals surface area contributed by atoms with Gasteiger partial charge in [-0.3, -0.25) is 19.3 Å². The van der Waals surface area contributed by atoms with Crippen LogP contribution in [0.3, 0.4) is 0 Å². The molecule has 2 amide bonds. The first-order chi connectivity index (χ1) is 26.4. The molecule has 0 radical (unpaired) electrons. The third kappa shape index (κ3) is 8.92. The van der Waals surface area contributed by atoms with E-state index < -0.39 is 10.8 Å². The van der Waals surface area contributed by atoms with E-state index in [1.54, 1.807) is 13.8 Å². The number of ketones is 3. The van der Waals surface area contributed by atoms with Crippen molar-refractivity contribution >= 4 is 29.2 Å². The summed E-state index contributed by atoms with van der Waals surface area (Å²) in [5, 5.41) is 0. The fourth-order valence-electron chi connectivity index (χ4n) is 10.3. The molecule has 6 rings (SSSR count). The average Bonchev–Trinajstić information content (AvgIpc) is 3.19. The van der Waals surface area contributed by atoms with Crippen LogP contribution >= 0.6 is 0 Å². The van der Waals surface area contributed by atoms with Crippen LogP contribution in [0.15, 0.2) is 53.9 Å². The lowest BCUT2D eigenvalue weighted by molar-refractivity contribution is -0.141. The summed E-state index contributed by atoms with van der Waals surface area (Å²) in [6.07, 6.45) is 8.76. The van der Waals surface area contributed by atoms with Gasteiger partial charge in [0.1, 0.15) is 5.78 Å². The van der Waals surface area contributed by atoms with Gasteiger partial charge in [0.05, 0.1) is 13.1 Å². The highest BCUT2D eigenvalue weighted by molar-refractivity contribution is 6.03. The van der Waals surface area contributed by atoms with Crippen LogP contribution in [-0.2, 0) is 30.5 Å². The Balaban J connectivity index is 0.000000188. The van der Waals surface area contributed by atoms with Crippen LogP contribution in [0, 0.1) is 52.6 Å². The van der Waals surface area contributed by atoms with Crippen LogP contribution in [0.4, 0.5) is 0 Å². The van der Waals surface area contributed by atoms with Crippen molar-refractivity contribution in [2.75, 3.05) is 39.3 Å². The van der Waals surface area contributed by atoms with Crippen LogP contribution in [-0.4, -0.2) is 83.1 Å². The van der Waals surface area contributed by atoms with E-state index in [1.807, 2.05) is 55.7 Å². The van der Waals surface area contributed by atoms with E-state index in [4.69, 9.17) is 13.1 Å². The molecule has 3 saturated heterocycles. The predicted molar refractivity (Wildman–Crippen MR) is 218 cm³/mol. The zero-order valence-electron chi connectivity index (χ0n) is 35.2. The van der Waals surface area contributed by atoms with Gasteiger partial charge in [0.25, 0.3) is 0 Å². The van der Waals surface area contributed by atoms with Crippen molar-refractivity contribution in [2.45, 2.75) is 107 Å². The quantitative estimate of drug-likeness (QED) is 0.284. The molecule has 10 heteroatoms. The summed E-state index contributed by atoms with van der Waals surface area (Å²) in [5.74, 6) is 1.18. The van der Waals surface area contributed by atoms with Crippen LogP contribution in [0.5, 0.6) is 0 Å². The molecule has 1 aromatic rings. The maximum atomic E-state index is 12.4. The Morgan fingerprint density at radius 2 is 1.18 bits per heavy atom. The Labute approximate surface area is 335 Å². The predicted octanol–water partition coefficient (Wildman–Crippen LogP) is 7.81. The zero-order chi connectivity index (χ0) is 41.6. The van der Waals surface area contributed by atoms with Crippen molar-refractivity contribution in [2.24, 2.45) is 39.4 Å². The lowest BCUT2D eigenvalue weighted by Gasteiger charge is -2.54. The van der Waals surface area contributed by atoms with E-state index in [1.165, 1.54) is 5.56 Å². The van der Waals surface area contributed by atoms with Crippen molar-refractivity contribution < 1.29 is 24.0 Å². The van der Waals surface area contributed by atoms with Gasteiger partial charge in [0, 0.05) is 93.7 Å². The molecule has 3 heterocycles. The lowest BCUT2D eigenvalue weighted by atomic mass is 9.54. The fraction of sp³-hybridized carbons (Fsp3) is 0.630. The lowest BCUT2D eigenvalue weighted by Crippen LogP contribution is -2.57. The largest absolute Gasteiger partial charge is 0.342 e. The number of benzene rings is 1. The van der Waals surface area contributed by atoms with Crippen LogP contribution in [0.2, 0.25) is 0 Å². The van der Waals surface area contributed by atoms with E-state index in [-0.39, 0.29) is 63.4 Å². The summed E-state index contributed by atoms with van der Waals surface area (Å²) in [6, 6.07) is 10.5. The second kappa shape index (κ2) is 17.8. The van der Waals surface area contributed by atoms with Crippen molar-refractivity contribution in [3.8, 4) is 0 Å². The fourth-order valence-corrected chi connectivity index (χ4v) is 10.3. The summed E-state index contributed by atoms with van der Waals surface area (Å²) < 4.78 is 0. The number of rotatable bonds is 5. The van der Waals surface area contributed by atoms with E-state index in [0.717, 1.165) is 58.2 Å². The molecular formula is C46H63N5O5. The molecule has 0 N–H and O–H groups in total. The number of hydrogen-bond acceptors (Lipinski definition) is 6. The number of nitrogens with zero attached hydrogens (tertiary/aromatic N) is 5. The SMILES string of the molecule is CCC1CN(Cc2ccccc2)CCC1=O.[C-]#[N+]C1=C[C@@]2(CC)CN(C(C)=O)CC[C@@H]2C(C)(C)C1=O.[C-]#[N+]C1=C[C@]2(CC)CN(C(C)=O)CC[C@H]2C(C)(C)C1=O. The van der Waals surface area contributed by atoms with Crippen molar-refractivity contribution in [1.82, 2.24) is 14.7 Å². The van der Waals surface area contributed by atoms with Crippen molar-refractivity contribution in [3.05, 3.63) is 82.3 Å². The third-order valence-electron chi connectivity index (χ3n) is 13.8. The van der Waals surface area contributed by atoms with Gasteiger partial charge in [-0.2, -0.15) is 0 Å². The van der Waals surface area contributed by atoms with E-state index in [0.29, 0.717) is 32.0 Å². The highest BCUT2D eigenvalue weighted by atomic mass is 16.2. The third-order valence-corrected chi connectivity index (χ3v) is 13.8. The smallest absolute Gasteiger partial charge is 0.226 e. The number of Topliss-reactive ketones (excluding diaryl/α,β-unsaturated/α-hetero) is 3. The molecule has 5 atom stereocenters. The minimum absolute atomic E-state index is 0.0437. The summed E-state index contributed by atoms with van der Waals surface area (Å²) in [7, 11) is 0. The molecule has 0 aromatic heterocycles. The average molecular weight is 766 g/mol. The standard InChI is InChI=1S/2C16H22N2O2.C14H19NO/c2*1-6-16-9-12(17-5)14(20)15(3,4)13(16)7-8-18(10-16)11(2)19;1-2-13-11-15(9-8-14(13)16)10-12-6-4-3-5-7-12/h2*9,13H,6-8,10H2,1-4H3;3-7,13H,2,8-11H2,1H3/t2*13-,16+;/m10./s1. The number of carbonyl (C=O) groups excluding carboxylic acids is 5. The normalized spacial score (nSPS) is 29.3. The molecule has 5 aliphatic rings. The highest BCUT2D eigenvalue weighted by Crippen LogP contribution is 2.55. The summed E-state index contributed by atoms with van der Waals surface area (Å²) in [4.78, 5) is 72.8. The van der Waals surface area contributed by atoms with Gasteiger partial charge < -0.3 is 19.4 Å². The van der Waals surface area contributed by atoms with Crippen LogP contribution < -0.4 is 0 Å². The van der Waals surface area contributed by atoms with Gasteiger partial charge in [-0.05, 0) is 49.5 Å². The molecule has 2 aliphatic carbocycles. The van der Waals surface area contributed by atoms with Crippen LogP contribution in [0.25, 0.3) is 9.69 Å². The molecule has 56 heavy (non-hydrogen) atoms. The molecule has 0 bridgehead atoms. The molecule has 0 saturated carbocycles. The Morgan fingerprint density at radius 1 is 0.732 bits per heavy atom. The monoisotopic (exact) mass is 765 g/mol. The molecule has 1 aromatic carbocycles. The molecule has 302 valence electrons. The number of piperidine rings is 3. The molecule has 0 spiro atoms. The van der Waals surface area contributed by atoms with Gasteiger partial charge in [-0.25, -0.2) is 9.69 Å². The number of likely N-dealkylation sites (tertiary alicyclic amines) is 3. The Hall–Kier alpha value is -4.41. The molecule has 3 fully saturated rings. The van der Waals surface area contributed by atoms with Gasteiger partial charge in [-0.1, -0.05) is 91.0 Å². The summed E-state index contributed by atoms with van der Waals surface area (Å²) in [6.45, 7) is 37.3. The Morgan fingerprint density at radius 3 is 1.55 bits per heavy atom. The molecule has 3 aliphatic heterocycles. The molecule has 1 unspecified atom stereocenters. The van der Waals surface area contributed by atoms with E-state index in [2.05, 4.69) is 59.6 Å². The van der Waals surface area contributed by atoms with Crippen molar-refractivity contribution in [1.29, 1.82) is 0 Å². The maximum Gasteiger partial charge on any atom is 0.226 e. The summed E-state index contributed by atoms with van der Waals surface area (Å²) >= 11 is 0. The van der Waals surface area contributed by atoms with Gasteiger partial charge >= 0.3 is 0 Å². The Bertz CT molecular complexity index is 1720. The van der Waals surface area contributed by atoms with Crippen LogP contribution in [0.1, 0.15) is 106 Å². The Kier molecular flexibility index (Phi) is 14.1. The first kappa shape index (κ1) is 44.3. The second-order valence-corrected chi connectivity index (χ2v) is 17.7. The topological polar surface area (TPSA) is 104 Å². The first-order valence-electron chi connectivity index (χ1n) is 20.5. The van der Waals surface area contributed by atoms with Gasteiger partial charge in [-0.15, -0.1) is 0 Å². The van der Waals surface area contributed by atoms with Crippen molar-refractivity contribution in [3.63, 3.8) is 0 Å². The number of carbonyl (C=O) groups is 5. The number of hydrogen-bond donors (Lipinski definition) is 0. The first-order valence-corrected chi connectivity index (χ1v) is 20.5. The number of fused-ring (bicyclic) bond motifs is 2.